The number of benzene rings is 1. The highest BCUT2D eigenvalue weighted by Crippen LogP contribution is 2.30. The normalized spacial score (nSPS) is 10.5. The van der Waals surface area contributed by atoms with Crippen molar-refractivity contribution in [3.05, 3.63) is 45.8 Å². The van der Waals surface area contributed by atoms with Gasteiger partial charge in [0.15, 0.2) is 0 Å². The number of aryl methyl sites for hydroxylation is 1. The molecule has 88 valence electrons. The molecule has 2 nitrogen and oxygen atoms in total. The lowest BCUT2D eigenvalue weighted by molar-refractivity contribution is 0.0697. The molecular formula is C13H11ClO2S. The van der Waals surface area contributed by atoms with Crippen molar-refractivity contribution in [3.8, 4) is 10.4 Å². The van der Waals surface area contributed by atoms with E-state index in [0.29, 0.717) is 0 Å². The maximum atomic E-state index is 10.8. The number of carboxylic acid groups (broad SMARTS) is 1. The summed E-state index contributed by atoms with van der Waals surface area (Å²) in [5, 5.41) is 11.3. The molecule has 0 unspecified atom stereocenters. The van der Waals surface area contributed by atoms with Crippen molar-refractivity contribution >= 4 is 28.9 Å². The summed E-state index contributed by atoms with van der Waals surface area (Å²) in [6.07, 6.45) is 0.997. The molecule has 17 heavy (non-hydrogen) atoms. The molecule has 0 spiro atoms. The number of halogens is 1. The first-order chi connectivity index (χ1) is 8.11. The first-order valence-corrected chi connectivity index (χ1v) is 6.48. The molecule has 0 amide bonds. The van der Waals surface area contributed by atoms with Gasteiger partial charge in [0.2, 0.25) is 0 Å². The van der Waals surface area contributed by atoms with Gasteiger partial charge in [0, 0.05) is 4.88 Å². The highest BCUT2D eigenvalue weighted by atomic mass is 35.5. The largest absolute Gasteiger partial charge is 0.478 e. The molecule has 0 bridgehead atoms. The number of hydrogen-bond acceptors (Lipinski definition) is 2. The minimum atomic E-state index is -0.998. The lowest BCUT2D eigenvalue weighted by atomic mass is 10.1. The summed E-state index contributed by atoms with van der Waals surface area (Å²) in [4.78, 5) is 11.9. The Kier molecular flexibility index (Phi) is 3.50. The van der Waals surface area contributed by atoms with Crippen LogP contribution in [0.25, 0.3) is 10.4 Å². The van der Waals surface area contributed by atoms with Gasteiger partial charge in [-0.3, -0.25) is 0 Å². The van der Waals surface area contributed by atoms with Crippen LogP contribution in [-0.2, 0) is 6.42 Å². The standard InChI is InChI=1S/C13H11ClO2S/c1-2-8-5-12(17-7-8)9-3-4-10(13(15)16)11(14)6-9/h3-7H,2H2,1H3,(H,15,16). The Morgan fingerprint density at radius 2 is 2.18 bits per heavy atom. The molecule has 0 radical (unpaired) electrons. The predicted molar refractivity (Wildman–Crippen MR) is 71.1 cm³/mol. The first kappa shape index (κ1) is 12.1. The molecule has 0 fully saturated rings. The van der Waals surface area contributed by atoms with Gasteiger partial charge in [0.25, 0.3) is 0 Å². The molecule has 1 aromatic carbocycles. The average molecular weight is 267 g/mol. The number of carboxylic acids is 1. The maximum absolute atomic E-state index is 10.8. The molecule has 0 aliphatic carbocycles. The van der Waals surface area contributed by atoms with Gasteiger partial charge >= 0.3 is 5.97 Å². The molecule has 2 rings (SSSR count). The van der Waals surface area contributed by atoms with E-state index < -0.39 is 5.97 Å². The zero-order valence-corrected chi connectivity index (χ0v) is 10.8. The molecule has 0 atom stereocenters. The Hall–Kier alpha value is -1.32. The van der Waals surface area contributed by atoms with Gasteiger partial charge in [0.1, 0.15) is 0 Å². The second-order valence-corrected chi connectivity index (χ2v) is 4.99. The van der Waals surface area contributed by atoms with Crippen molar-refractivity contribution < 1.29 is 9.90 Å². The molecule has 0 aliphatic rings. The summed E-state index contributed by atoms with van der Waals surface area (Å²) in [5.74, 6) is -0.998. The second kappa shape index (κ2) is 4.90. The van der Waals surface area contributed by atoms with Gasteiger partial charge in [-0.15, -0.1) is 11.3 Å². The van der Waals surface area contributed by atoms with E-state index in [0.717, 1.165) is 16.9 Å². The van der Waals surface area contributed by atoms with E-state index in [9.17, 15) is 4.79 Å². The number of thiophene rings is 1. The topological polar surface area (TPSA) is 37.3 Å². The van der Waals surface area contributed by atoms with Crippen LogP contribution in [0.2, 0.25) is 5.02 Å². The van der Waals surface area contributed by atoms with Crippen molar-refractivity contribution in [1.82, 2.24) is 0 Å². The monoisotopic (exact) mass is 266 g/mol. The van der Waals surface area contributed by atoms with Crippen LogP contribution < -0.4 is 0 Å². The van der Waals surface area contributed by atoms with Gasteiger partial charge in [-0.1, -0.05) is 24.6 Å². The zero-order chi connectivity index (χ0) is 12.4. The van der Waals surface area contributed by atoms with Crippen LogP contribution in [0, 0.1) is 0 Å². The number of carbonyl (C=O) groups is 1. The third kappa shape index (κ3) is 2.51. The van der Waals surface area contributed by atoms with E-state index in [1.165, 1.54) is 5.56 Å². The van der Waals surface area contributed by atoms with E-state index in [2.05, 4.69) is 18.4 Å². The fourth-order valence-corrected chi connectivity index (χ4v) is 2.81. The van der Waals surface area contributed by atoms with Gasteiger partial charge < -0.3 is 5.11 Å². The van der Waals surface area contributed by atoms with Gasteiger partial charge in [0.05, 0.1) is 10.6 Å². The highest BCUT2D eigenvalue weighted by Gasteiger charge is 2.10. The first-order valence-electron chi connectivity index (χ1n) is 5.22. The Bertz CT molecular complexity index is 560. The van der Waals surface area contributed by atoms with Crippen LogP contribution in [0.3, 0.4) is 0 Å². The van der Waals surface area contributed by atoms with Crippen LogP contribution in [0.4, 0.5) is 0 Å². The molecule has 1 aromatic heterocycles. The van der Waals surface area contributed by atoms with Crippen molar-refractivity contribution in [2.24, 2.45) is 0 Å². The third-order valence-corrected chi connectivity index (χ3v) is 3.89. The van der Waals surface area contributed by atoms with E-state index in [-0.39, 0.29) is 10.6 Å². The van der Waals surface area contributed by atoms with Gasteiger partial charge in [-0.25, -0.2) is 4.79 Å². The third-order valence-electron chi connectivity index (χ3n) is 2.55. The Morgan fingerprint density at radius 3 is 2.71 bits per heavy atom. The lowest BCUT2D eigenvalue weighted by Crippen LogP contribution is -1.96. The van der Waals surface area contributed by atoms with Crippen LogP contribution in [0.15, 0.2) is 29.6 Å². The van der Waals surface area contributed by atoms with Crippen LogP contribution >= 0.6 is 22.9 Å². The Labute approximate surface area is 108 Å². The van der Waals surface area contributed by atoms with E-state index in [1.807, 2.05) is 0 Å². The molecule has 1 N–H and O–H groups in total. The predicted octanol–water partition coefficient (Wildman–Crippen LogP) is 4.33. The highest BCUT2D eigenvalue weighted by molar-refractivity contribution is 7.13. The van der Waals surface area contributed by atoms with E-state index in [4.69, 9.17) is 16.7 Å². The molecule has 0 saturated heterocycles. The summed E-state index contributed by atoms with van der Waals surface area (Å²) in [7, 11) is 0. The quantitative estimate of drug-likeness (QED) is 0.898. The molecule has 2 aromatic rings. The summed E-state index contributed by atoms with van der Waals surface area (Å²) in [6.45, 7) is 2.10. The Morgan fingerprint density at radius 1 is 1.41 bits per heavy atom. The summed E-state index contributed by atoms with van der Waals surface area (Å²) >= 11 is 7.58. The summed E-state index contributed by atoms with van der Waals surface area (Å²) in [5.41, 5.74) is 2.39. The maximum Gasteiger partial charge on any atom is 0.337 e. The number of rotatable bonds is 3. The minimum Gasteiger partial charge on any atom is -0.478 e. The van der Waals surface area contributed by atoms with Crippen molar-refractivity contribution in [3.63, 3.8) is 0 Å². The van der Waals surface area contributed by atoms with Crippen molar-refractivity contribution in [1.29, 1.82) is 0 Å². The average Bonchev–Trinajstić information content (AvgIpc) is 2.76. The summed E-state index contributed by atoms with van der Waals surface area (Å²) < 4.78 is 0. The SMILES string of the molecule is CCc1csc(-c2ccc(C(=O)O)c(Cl)c2)c1. The van der Waals surface area contributed by atoms with Crippen LogP contribution in [0.1, 0.15) is 22.8 Å². The fourth-order valence-electron chi connectivity index (χ4n) is 1.55. The molecule has 1 heterocycles. The van der Waals surface area contributed by atoms with Crippen molar-refractivity contribution in [2.45, 2.75) is 13.3 Å². The smallest absolute Gasteiger partial charge is 0.337 e. The molecule has 0 saturated carbocycles. The van der Waals surface area contributed by atoms with Gasteiger partial charge in [-0.2, -0.15) is 0 Å². The van der Waals surface area contributed by atoms with Crippen LogP contribution in [0.5, 0.6) is 0 Å². The van der Waals surface area contributed by atoms with E-state index >= 15 is 0 Å². The van der Waals surface area contributed by atoms with E-state index in [1.54, 1.807) is 29.5 Å². The Balaban J connectivity index is 2.40. The van der Waals surface area contributed by atoms with Crippen molar-refractivity contribution in [2.75, 3.05) is 0 Å². The lowest BCUT2D eigenvalue weighted by Gasteiger charge is -2.01. The zero-order valence-electron chi connectivity index (χ0n) is 9.24. The number of aromatic carboxylic acids is 1. The van der Waals surface area contributed by atoms with Crippen LogP contribution in [-0.4, -0.2) is 11.1 Å². The second-order valence-electron chi connectivity index (χ2n) is 3.67. The molecule has 0 aliphatic heterocycles. The minimum absolute atomic E-state index is 0.141. The molecular weight excluding hydrogens is 256 g/mol. The van der Waals surface area contributed by atoms with Gasteiger partial charge in [-0.05, 0) is 41.1 Å². The fraction of sp³-hybridized carbons (Fsp3) is 0.154. The number of hydrogen-bond donors (Lipinski definition) is 1. The molecule has 4 heteroatoms. The summed E-state index contributed by atoms with van der Waals surface area (Å²) in [6, 6.07) is 7.15.